The molecule has 0 radical (unpaired) electrons. The van der Waals surface area contributed by atoms with E-state index < -0.39 is 11.1 Å². The minimum Gasteiger partial charge on any atom is -0.369 e. The minimum atomic E-state index is -1.77. The second-order valence-corrected chi connectivity index (χ2v) is 1.96. The van der Waals surface area contributed by atoms with Gasteiger partial charge in [0.05, 0.1) is 5.49 Å². The zero-order chi connectivity index (χ0) is 5.70. The highest BCUT2D eigenvalue weighted by molar-refractivity contribution is 7.80. The zero-order valence-electron chi connectivity index (χ0n) is 3.46. The molecule has 0 aliphatic carbocycles. The molecule has 0 aliphatic heterocycles. The van der Waals surface area contributed by atoms with E-state index >= 15 is 0 Å². The molecule has 0 saturated carbocycles. The molecule has 3 nitrogen and oxygen atoms in total. The van der Waals surface area contributed by atoms with Crippen molar-refractivity contribution >= 4 is 28.8 Å². The molecule has 0 saturated heterocycles. The van der Waals surface area contributed by atoms with E-state index in [9.17, 15) is 4.21 Å². The van der Waals surface area contributed by atoms with E-state index in [0.29, 0.717) is 0 Å². The lowest BCUT2D eigenvalue weighted by atomic mass is 11.2. The number of nitrogens with one attached hydrogen (secondary N) is 1. The van der Waals surface area contributed by atoms with Crippen LogP contribution >= 0.6 is 12.2 Å². The summed E-state index contributed by atoms with van der Waals surface area (Å²) >= 11 is 2.51. The third-order valence-electron chi connectivity index (χ3n) is 0.290. The number of hydrogen-bond acceptors (Lipinski definition) is 2. The topological polar surface area (TPSA) is 49.3 Å². The van der Waals surface area contributed by atoms with Crippen molar-refractivity contribution in [1.82, 2.24) is 5.32 Å². The highest BCUT2D eigenvalue weighted by atomic mass is 32.2. The summed E-state index contributed by atoms with van der Waals surface area (Å²) in [6.45, 7) is 0. The lowest BCUT2D eigenvalue weighted by Gasteiger charge is -1.88. The van der Waals surface area contributed by atoms with E-state index in [1.165, 1.54) is 5.49 Å². The summed E-state index contributed by atoms with van der Waals surface area (Å²) in [5.41, 5.74) is 1.20. The van der Waals surface area contributed by atoms with Crippen LogP contribution < -0.4 is 5.32 Å². The van der Waals surface area contributed by atoms with E-state index in [1.54, 1.807) is 0 Å². The van der Waals surface area contributed by atoms with Crippen LogP contribution in [0.25, 0.3) is 0 Å². The maximum Gasteiger partial charge on any atom is 0.172 e. The van der Waals surface area contributed by atoms with Crippen molar-refractivity contribution in [2.45, 2.75) is 0 Å². The van der Waals surface area contributed by atoms with Crippen LogP contribution in [0.5, 0.6) is 0 Å². The Morgan fingerprint density at radius 1 is 2.00 bits per heavy atom. The first-order valence-electron chi connectivity index (χ1n) is 1.52. The Hall–Kier alpha value is -0.0000000000000000555. The standard InChI is InChI=1S/C2H5NO2S2/c4-7(5)2-3-1-6/h1H,2H2,(H,3,6)(H,4,5). The van der Waals surface area contributed by atoms with E-state index in [1.807, 2.05) is 0 Å². The van der Waals surface area contributed by atoms with Crippen molar-refractivity contribution < 1.29 is 8.76 Å². The van der Waals surface area contributed by atoms with Gasteiger partial charge in [0.2, 0.25) is 0 Å². The summed E-state index contributed by atoms with van der Waals surface area (Å²) in [5.74, 6) is 0.0174. The molecule has 0 fully saturated rings. The third kappa shape index (κ3) is 6.00. The molecule has 0 aromatic heterocycles. The summed E-state index contributed by atoms with van der Waals surface area (Å²) < 4.78 is 17.8. The fourth-order valence-electron chi connectivity index (χ4n) is 0.105. The van der Waals surface area contributed by atoms with Gasteiger partial charge in [-0.3, -0.25) is 0 Å². The maximum atomic E-state index is 9.74. The molecule has 5 heteroatoms. The summed E-state index contributed by atoms with van der Waals surface area (Å²) in [7, 11) is 0. The Morgan fingerprint density at radius 3 is 2.71 bits per heavy atom. The highest BCUT2D eigenvalue weighted by Gasteiger charge is 1.83. The smallest absolute Gasteiger partial charge is 0.172 e. The van der Waals surface area contributed by atoms with Crippen molar-refractivity contribution in [3.05, 3.63) is 0 Å². The molecule has 0 amide bonds. The van der Waals surface area contributed by atoms with Gasteiger partial charge in [0, 0.05) is 0 Å². The first-order chi connectivity index (χ1) is 3.27. The lowest BCUT2D eigenvalue weighted by Crippen LogP contribution is -2.14. The molecule has 1 unspecified atom stereocenters. The van der Waals surface area contributed by atoms with Gasteiger partial charge < -0.3 is 9.87 Å². The Labute approximate surface area is 49.4 Å². The Balaban J connectivity index is 2.97. The SMILES string of the molecule is O=S(O)CNC=S. The van der Waals surface area contributed by atoms with E-state index in [0.717, 1.165) is 0 Å². The van der Waals surface area contributed by atoms with Gasteiger partial charge in [-0.25, -0.2) is 4.21 Å². The molecule has 7 heavy (non-hydrogen) atoms. The molecular formula is C2H5NO2S2. The van der Waals surface area contributed by atoms with Crippen LogP contribution in [-0.2, 0) is 11.1 Å². The van der Waals surface area contributed by atoms with Gasteiger partial charge in [-0.15, -0.1) is 0 Å². The van der Waals surface area contributed by atoms with Crippen molar-refractivity contribution in [2.24, 2.45) is 0 Å². The van der Waals surface area contributed by atoms with Crippen LogP contribution in [-0.4, -0.2) is 20.1 Å². The van der Waals surface area contributed by atoms with Crippen LogP contribution in [0.2, 0.25) is 0 Å². The molecular weight excluding hydrogens is 134 g/mol. The molecule has 0 aliphatic rings. The van der Waals surface area contributed by atoms with Crippen LogP contribution in [0.4, 0.5) is 0 Å². The third-order valence-corrected chi connectivity index (χ3v) is 0.870. The fourth-order valence-corrected chi connectivity index (χ4v) is 0.520. The molecule has 1 atom stereocenters. The van der Waals surface area contributed by atoms with Crippen molar-refractivity contribution in [3.63, 3.8) is 0 Å². The normalized spacial score (nSPS) is 12.7. The van der Waals surface area contributed by atoms with Gasteiger partial charge in [0.1, 0.15) is 5.88 Å². The van der Waals surface area contributed by atoms with Crippen LogP contribution in [0.1, 0.15) is 0 Å². The fraction of sp³-hybridized carbons (Fsp3) is 0.500. The van der Waals surface area contributed by atoms with Crippen molar-refractivity contribution in [3.8, 4) is 0 Å². The number of thiocarbonyl (C=S) groups is 1. The van der Waals surface area contributed by atoms with Gasteiger partial charge in [-0.2, -0.15) is 0 Å². The first-order valence-corrected chi connectivity index (χ1v) is 3.26. The molecule has 0 heterocycles. The van der Waals surface area contributed by atoms with Crippen LogP contribution in [0, 0.1) is 0 Å². The molecule has 42 valence electrons. The van der Waals surface area contributed by atoms with Gasteiger partial charge in [0.15, 0.2) is 11.1 Å². The van der Waals surface area contributed by atoms with E-state index in [-0.39, 0.29) is 5.88 Å². The van der Waals surface area contributed by atoms with Gasteiger partial charge >= 0.3 is 0 Å². The van der Waals surface area contributed by atoms with Crippen LogP contribution in [0.15, 0.2) is 0 Å². The van der Waals surface area contributed by atoms with Crippen LogP contribution in [0.3, 0.4) is 0 Å². The molecule has 2 N–H and O–H groups in total. The highest BCUT2D eigenvalue weighted by Crippen LogP contribution is 1.62. The zero-order valence-corrected chi connectivity index (χ0v) is 5.09. The molecule has 0 aromatic carbocycles. The minimum absolute atomic E-state index is 0.0174. The predicted octanol–water partition coefficient (Wildman–Crippen LogP) is -0.288. The Bertz CT molecular complexity index is 83.8. The van der Waals surface area contributed by atoms with Gasteiger partial charge in [-0.05, 0) is 0 Å². The Morgan fingerprint density at radius 2 is 2.57 bits per heavy atom. The molecule has 0 bridgehead atoms. The van der Waals surface area contributed by atoms with Gasteiger partial charge in [-0.1, -0.05) is 12.2 Å². The maximum absolute atomic E-state index is 9.74. The predicted molar refractivity (Wildman–Crippen MR) is 32.4 cm³/mol. The first kappa shape index (κ1) is 7.00. The lowest BCUT2D eigenvalue weighted by molar-refractivity contribution is 0.562. The number of hydrogen-bond donors (Lipinski definition) is 2. The Kier molecular flexibility index (Phi) is 4.17. The molecule has 0 aromatic rings. The monoisotopic (exact) mass is 139 g/mol. The summed E-state index contributed by atoms with van der Waals surface area (Å²) in [6.07, 6.45) is 0. The van der Waals surface area contributed by atoms with E-state index in [4.69, 9.17) is 4.55 Å². The second-order valence-electron chi connectivity index (χ2n) is 0.788. The van der Waals surface area contributed by atoms with E-state index in [2.05, 4.69) is 17.5 Å². The second kappa shape index (κ2) is 4.17. The summed E-state index contributed by atoms with van der Waals surface area (Å²) in [4.78, 5) is 0. The van der Waals surface area contributed by atoms with Gasteiger partial charge in [0.25, 0.3) is 0 Å². The quantitative estimate of drug-likeness (QED) is 0.417. The largest absolute Gasteiger partial charge is 0.369 e. The molecule has 0 rings (SSSR count). The average Bonchev–Trinajstić information content (AvgIpc) is 1.61. The molecule has 0 spiro atoms. The summed E-state index contributed by atoms with van der Waals surface area (Å²) in [6, 6.07) is 0. The van der Waals surface area contributed by atoms with Crippen molar-refractivity contribution in [1.29, 1.82) is 0 Å². The number of rotatable bonds is 3. The van der Waals surface area contributed by atoms with Crippen molar-refractivity contribution in [2.75, 3.05) is 5.88 Å². The summed E-state index contributed by atoms with van der Waals surface area (Å²) in [5, 5.41) is 2.39. The average molecular weight is 139 g/mol.